The molecule has 1 saturated carbocycles. The lowest BCUT2D eigenvalue weighted by molar-refractivity contribution is -0.134. The van der Waals surface area contributed by atoms with Gasteiger partial charge in [0.15, 0.2) is 5.78 Å². The average molecular weight is 253 g/mol. The third kappa shape index (κ3) is 1.99. The first-order valence-corrected chi connectivity index (χ1v) is 6.23. The standard InChI is InChI=1S/C13H17ClN2O/c1-16(15)13(9-5-4-8-12(13)17)10-6-2-3-7-11(10)14/h2-3,6-7H,4-5,8-9,15H2,1H3/t13-/m1/s1. The van der Waals surface area contributed by atoms with E-state index in [-0.39, 0.29) is 5.78 Å². The van der Waals surface area contributed by atoms with Crippen molar-refractivity contribution in [3.05, 3.63) is 34.9 Å². The SMILES string of the molecule is CN(N)[C@@]1(c2ccccc2Cl)CCCCC1=O. The van der Waals surface area contributed by atoms with Crippen LogP contribution in [0.2, 0.25) is 5.02 Å². The topological polar surface area (TPSA) is 46.3 Å². The van der Waals surface area contributed by atoms with E-state index in [4.69, 9.17) is 17.4 Å². The van der Waals surface area contributed by atoms with Gasteiger partial charge in [0.05, 0.1) is 0 Å². The van der Waals surface area contributed by atoms with Crippen LogP contribution in [0.1, 0.15) is 31.2 Å². The minimum absolute atomic E-state index is 0.168. The van der Waals surface area contributed by atoms with E-state index in [0.29, 0.717) is 11.4 Å². The summed E-state index contributed by atoms with van der Waals surface area (Å²) in [7, 11) is 1.74. The highest BCUT2D eigenvalue weighted by Crippen LogP contribution is 2.40. The number of carbonyl (C=O) groups is 1. The molecular weight excluding hydrogens is 236 g/mol. The van der Waals surface area contributed by atoms with Crippen LogP contribution in [0, 0.1) is 0 Å². The molecular formula is C13H17ClN2O. The number of hydrogen-bond acceptors (Lipinski definition) is 3. The van der Waals surface area contributed by atoms with Crippen LogP contribution in [0.15, 0.2) is 24.3 Å². The van der Waals surface area contributed by atoms with E-state index in [1.165, 1.54) is 5.01 Å². The summed E-state index contributed by atoms with van der Waals surface area (Å²) >= 11 is 6.22. The van der Waals surface area contributed by atoms with Crippen LogP contribution in [-0.4, -0.2) is 17.8 Å². The van der Waals surface area contributed by atoms with E-state index in [2.05, 4.69) is 0 Å². The summed E-state index contributed by atoms with van der Waals surface area (Å²) in [4.78, 5) is 12.3. The Morgan fingerprint density at radius 1 is 1.35 bits per heavy atom. The van der Waals surface area contributed by atoms with Gasteiger partial charge in [0.1, 0.15) is 5.54 Å². The maximum atomic E-state index is 12.3. The van der Waals surface area contributed by atoms with Gasteiger partial charge < -0.3 is 0 Å². The average Bonchev–Trinajstić information content (AvgIpc) is 2.30. The number of nitrogens with two attached hydrogens (primary N) is 1. The highest BCUT2D eigenvalue weighted by Gasteiger charge is 2.45. The molecule has 0 saturated heterocycles. The Balaban J connectivity index is 2.55. The Kier molecular flexibility index (Phi) is 3.52. The van der Waals surface area contributed by atoms with Gasteiger partial charge in [-0.1, -0.05) is 36.2 Å². The summed E-state index contributed by atoms with van der Waals surface area (Å²) < 4.78 is 0. The summed E-state index contributed by atoms with van der Waals surface area (Å²) in [5.41, 5.74) is 0.0905. The fraction of sp³-hybridized carbons (Fsp3) is 0.462. The fourth-order valence-corrected chi connectivity index (χ4v) is 2.95. The number of Topliss-reactive ketones (excluding diaryl/α,β-unsaturated/α-hetero) is 1. The molecule has 1 fully saturated rings. The lowest BCUT2D eigenvalue weighted by atomic mass is 9.75. The highest BCUT2D eigenvalue weighted by molar-refractivity contribution is 6.31. The number of hydrazine groups is 1. The number of halogens is 1. The Morgan fingerprint density at radius 3 is 2.65 bits per heavy atom. The van der Waals surface area contributed by atoms with Crippen LogP contribution < -0.4 is 5.84 Å². The zero-order valence-corrected chi connectivity index (χ0v) is 10.7. The molecule has 1 aliphatic rings. The van der Waals surface area contributed by atoms with Crippen molar-refractivity contribution in [1.29, 1.82) is 0 Å². The summed E-state index contributed by atoms with van der Waals surface area (Å²) in [5.74, 6) is 6.12. The van der Waals surface area contributed by atoms with Crippen LogP contribution in [0.5, 0.6) is 0 Å². The van der Waals surface area contributed by atoms with E-state index in [9.17, 15) is 4.79 Å². The highest BCUT2D eigenvalue weighted by atomic mass is 35.5. The molecule has 92 valence electrons. The van der Waals surface area contributed by atoms with Crippen LogP contribution in [-0.2, 0) is 10.3 Å². The molecule has 3 nitrogen and oxygen atoms in total. The van der Waals surface area contributed by atoms with Gasteiger partial charge in [-0.15, -0.1) is 0 Å². The van der Waals surface area contributed by atoms with Crippen molar-refractivity contribution < 1.29 is 4.79 Å². The molecule has 1 aromatic rings. The van der Waals surface area contributed by atoms with Gasteiger partial charge in [0, 0.05) is 18.5 Å². The molecule has 4 heteroatoms. The maximum absolute atomic E-state index is 12.3. The van der Waals surface area contributed by atoms with Crippen molar-refractivity contribution >= 4 is 17.4 Å². The van der Waals surface area contributed by atoms with Gasteiger partial charge in [-0.2, -0.15) is 0 Å². The molecule has 0 spiro atoms. The number of hydrogen-bond donors (Lipinski definition) is 1. The second kappa shape index (κ2) is 4.77. The van der Waals surface area contributed by atoms with Gasteiger partial charge in [0.25, 0.3) is 0 Å². The Hall–Kier alpha value is -0.900. The number of likely N-dealkylation sites (N-methyl/N-ethyl adjacent to an activating group) is 1. The third-order valence-electron chi connectivity index (χ3n) is 3.58. The van der Waals surface area contributed by atoms with Crippen molar-refractivity contribution in [2.75, 3.05) is 7.05 Å². The molecule has 0 radical (unpaired) electrons. The molecule has 1 aromatic carbocycles. The molecule has 1 aliphatic carbocycles. The first kappa shape index (κ1) is 12.6. The molecule has 1 atom stereocenters. The van der Waals surface area contributed by atoms with E-state index in [0.717, 1.165) is 24.8 Å². The van der Waals surface area contributed by atoms with E-state index >= 15 is 0 Å². The molecule has 0 amide bonds. The molecule has 0 unspecified atom stereocenters. The van der Waals surface area contributed by atoms with E-state index < -0.39 is 5.54 Å². The smallest absolute Gasteiger partial charge is 0.158 e. The number of ketones is 1. The van der Waals surface area contributed by atoms with Crippen molar-refractivity contribution in [3.63, 3.8) is 0 Å². The summed E-state index contributed by atoms with van der Waals surface area (Å²) in [6.07, 6.45) is 3.26. The van der Waals surface area contributed by atoms with Gasteiger partial charge >= 0.3 is 0 Å². The quantitative estimate of drug-likeness (QED) is 0.650. The monoisotopic (exact) mass is 252 g/mol. The second-order valence-electron chi connectivity index (χ2n) is 4.58. The second-order valence-corrected chi connectivity index (χ2v) is 4.99. The van der Waals surface area contributed by atoms with E-state index in [1.807, 2.05) is 24.3 Å². The number of carbonyl (C=O) groups excluding carboxylic acids is 1. The van der Waals surface area contributed by atoms with Crippen LogP contribution in [0.4, 0.5) is 0 Å². The molecule has 0 aromatic heterocycles. The predicted molar refractivity (Wildman–Crippen MR) is 68.6 cm³/mol. The largest absolute Gasteiger partial charge is 0.297 e. The molecule has 0 aliphatic heterocycles. The van der Waals surface area contributed by atoms with Gasteiger partial charge in [-0.25, -0.2) is 5.01 Å². The van der Waals surface area contributed by atoms with Crippen LogP contribution in [0.25, 0.3) is 0 Å². The number of rotatable bonds is 2. The van der Waals surface area contributed by atoms with Crippen LogP contribution >= 0.6 is 11.6 Å². The molecule has 2 N–H and O–H groups in total. The van der Waals surface area contributed by atoms with Crippen molar-refractivity contribution in [3.8, 4) is 0 Å². The van der Waals surface area contributed by atoms with Gasteiger partial charge in [-0.3, -0.25) is 10.6 Å². The van der Waals surface area contributed by atoms with Crippen molar-refractivity contribution in [1.82, 2.24) is 5.01 Å². The summed E-state index contributed by atoms with van der Waals surface area (Å²) in [6, 6.07) is 7.47. The lowest BCUT2D eigenvalue weighted by Crippen LogP contribution is -2.55. The summed E-state index contributed by atoms with van der Waals surface area (Å²) in [6.45, 7) is 0. The molecule has 2 rings (SSSR count). The molecule has 17 heavy (non-hydrogen) atoms. The molecule has 0 bridgehead atoms. The molecule has 0 heterocycles. The van der Waals surface area contributed by atoms with Crippen molar-refractivity contribution in [2.45, 2.75) is 31.2 Å². The first-order valence-electron chi connectivity index (χ1n) is 5.86. The maximum Gasteiger partial charge on any atom is 0.158 e. The predicted octanol–water partition coefficient (Wildman–Crippen LogP) is 2.48. The number of nitrogens with zero attached hydrogens (tertiary/aromatic N) is 1. The Bertz CT molecular complexity index is 433. The normalized spacial score (nSPS) is 25.3. The Morgan fingerprint density at radius 2 is 2.06 bits per heavy atom. The zero-order valence-electron chi connectivity index (χ0n) is 9.95. The lowest BCUT2D eigenvalue weighted by Gasteiger charge is -2.41. The zero-order chi connectivity index (χ0) is 12.5. The third-order valence-corrected chi connectivity index (χ3v) is 3.90. The van der Waals surface area contributed by atoms with Gasteiger partial charge in [-0.05, 0) is 24.5 Å². The van der Waals surface area contributed by atoms with Crippen LogP contribution in [0.3, 0.4) is 0 Å². The summed E-state index contributed by atoms with van der Waals surface area (Å²) in [5, 5.41) is 2.13. The fourth-order valence-electron chi connectivity index (χ4n) is 2.66. The van der Waals surface area contributed by atoms with E-state index in [1.54, 1.807) is 7.05 Å². The minimum Gasteiger partial charge on any atom is -0.297 e. The minimum atomic E-state index is -0.739. The Labute approximate surface area is 107 Å². The first-order chi connectivity index (χ1) is 8.09. The van der Waals surface area contributed by atoms with Gasteiger partial charge in [0.2, 0.25) is 0 Å². The van der Waals surface area contributed by atoms with Crippen molar-refractivity contribution in [2.24, 2.45) is 5.84 Å². The number of benzene rings is 1.